The Hall–Kier alpha value is -2.89. The maximum Gasteiger partial charge on any atom is 0.416 e. The molecule has 0 amide bonds. The Morgan fingerprint density at radius 3 is 2.55 bits per heavy atom. The third-order valence-electron chi connectivity index (χ3n) is 4.09. The predicted octanol–water partition coefficient (Wildman–Crippen LogP) is 6.09. The van der Waals surface area contributed by atoms with Gasteiger partial charge in [0.15, 0.2) is 5.78 Å². The number of hydrogen-bond acceptors (Lipinski definition) is 7. The Labute approximate surface area is 195 Å². The zero-order valence-electron chi connectivity index (χ0n) is 17.1. The molecule has 0 aromatic heterocycles. The fourth-order valence-corrected chi connectivity index (χ4v) is 3.26. The molecule has 7 nitrogen and oxygen atoms in total. The van der Waals surface area contributed by atoms with Crippen LogP contribution in [-0.4, -0.2) is 34.3 Å². The molecule has 0 aliphatic carbocycles. The van der Waals surface area contributed by atoms with Crippen LogP contribution in [0.2, 0.25) is 5.02 Å². The van der Waals surface area contributed by atoms with Gasteiger partial charge in [0.05, 0.1) is 15.5 Å². The first-order valence-corrected chi connectivity index (χ1v) is 10.6. The summed E-state index contributed by atoms with van der Waals surface area (Å²) in [6.45, 7) is 4.31. The lowest BCUT2D eigenvalue weighted by molar-refractivity contribution is -0.385. The highest BCUT2D eigenvalue weighted by Crippen LogP contribution is 2.37. The van der Waals surface area contributed by atoms with Crippen molar-refractivity contribution in [3.05, 3.63) is 75.3 Å². The van der Waals surface area contributed by atoms with E-state index >= 15 is 0 Å². The fraction of sp³-hybridized carbons (Fsp3) is 0.238. The zero-order valence-corrected chi connectivity index (χ0v) is 18.6. The molecule has 0 fully saturated rings. The van der Waals surface area contributed by atoms with E-state index in [1.54, 1.807) is 0 Å². The maximum absolute atomic E-state index is 12.8. The Bertz CT molecular complexity index is 1080. The molecule has 1 atom stereocenters. The number of benzene rings is 2. The number of halogens is 4. The van der Waals surface area contributed by atoms with Crippen molar-refractivity contribution in [1.82, 2.24) is 0 Å². The minimum absolute atomic E-state index is 0.0729. The molecule has 0 radical (unpaired) electrons. The van der Waals surface area contributed by atoms with Crippen LogP contribution in [0.1, 0.15) is 22.8 Å². The molecule has 2 aromatic rings. The van der Waals surface area contributed by atoms with Gasteiger partial charge < -0.3 is 9.47 Å². The molecule has 1 unspecified atom stereocenters. The lowest BCUT2D eigenvalue weighted by atomic mass is 10.1. The summed E-state index contributed by atoms with van der Waals surface area (Å²) in [6, 6.07) is 5.65. The third kappa shape index (κ3) is 7.31. The Balaban J connectivity index is 2.22. The second-order valence-corrected chi connectivity index (χ2v) is 7.91. The predicted molar refractivity (Wildman–Crippen MR) is 117 cm³/mol. The first kappa shape index (κ1) is 26.4. The summed E-state index contributed by atoms with van der Waals surface area (Å²) >= 11 is 6.80. The van der Waals surface area contributed by atoms with Gasteiger partial charge in [-0.2, -0.15) is 13.2 Å². The van der Waals surface area contributed by atoms with Crippen LogP contribution in [-0.2, 0) is 15.7 Å². The van der Waals surface area contributed by atoms with Crippen molar-refractivity contribution in [3.8, 4) is 11.5 Å². The number of thioether (sulfide) groups is 1. The summed E-state index contributed by atoms with van der Waals surface area (Å²) in [7, 11) is 0. The number of nitrogens with zero attached hydrogens (tertiary/aromatic N) is 1. The van der Waals surface area contributed by atoms with E-state index in [2.05, 4.69) is 6.58 Å². The van der Waals surface area contributed by atoms with Crippen LogP contribution in [0.5, 0.6) is 11.5 Å². The van der Waals surface area contributed by atoms with E-state index < -0.39 is 40.8 Å². The van der Waals surface area contributed by atoms with Crippen LogP contribution < -0.4 is 4.74 Å². The summed E-state index contributed by atoms with van der Waals surface area (Å²) in [5.74, 6) is -0.653. The van der Waals surface area contributed by atoms with Gasteiger partial charge in [0, 0.05) is 11.8 Å². The topological polar surface area (TPSA) is 95.7 Å². The van der Waals surface area contributed by atoms with Gasteiger partial charge in [0.1, 0.15) is 29.8 Å². The highest BCUT2D eigenvalue weighted by atomic mass is 35.5. The van der Waals surface area contributed by atoms with Gasteiger partial charge in [0.25, 0.3) is 5.69 Å². The van der Waals surface area contributed by atoms with Gasteiger partial charge in [-0.3, -0.25) is 19.7 Å². The molecule has 0 aliphatic heterocycles. The molecule has 2 rings (SSSR count). The van der Waals surface area contributed by atoms with Crippen molar-refractivity contribution in [2.45, 2.75) is 19.2 Å². The minimum Gasteiger partial charge on any atom is -0.456 e. The molecule has 0 bridgehead atoms. The minimum atomic E-state index is -4.60. The normalized spacial score (nSPS) is 12.2. The second-order valence-electron chi connectivity index (χ2n) is 6.48. The number of nitro benzene ring substituents is 1. The number of rotatable bonds is 10. The first-order valence-electron chi connectivity index (χ1n) is 9.19. The Morgan fingerprint density at radius 2 is 1.97 bits per heavy atom. The molecule has 0 aliphatic rings. The molecule has 0 saturated carbocycles. The molecule has 12 heteroatoms. The van der Waals surface area contributed by atoms with Crippen molar-refractivity contribution in [3.63, 3.8) is 0 Å². The maximum atomic E-state index is 12.8. The number of nitro groups is 1. The second kappa shape index (κ2) is 11.3. The monoisotopic (exact) mass is 503 g/mol. The summed E-state index contributed by atoms with van der Waals surface area (Å²) < 4.78 is 49.0. The number of alkyl halides is 3. The standard InChI is InChI=1S/C21H17ClF3NO6S/c1-3-8-33-20(28)12(2)31-11-18(27)15-10-14(5-6-17(15)26(29)30)32-19-7-4-13(9-16(19)22)21(23,24)25/h3-7,9-10,12H,1,8,11H2,2H3. The van der Waals surface area contributed by atoms with E-state index in [4.69, 9.17) is 21.1 Å². The van der Waals surface area contributed by atoms with Gasteiger partial charge in [-0.25, -0.2) is 0 Å². The first-order chi connectivity index (χ1) is 15.4. The van der Waals surface area contributed by atoms with Crippen molar-refractivity contribution in [2.24, 2.45) is 0 Å². The number of hydrogen-bond donors (Lipinski definition) is 0. The van der Waals surface area contributed by atoms with Crippen LogP contribution >= 0.6 is 23.4 Å². The van der Waals surface area contributed by atoms with Crippen LogP contribution in [0.4, 0.5) is 18.9 Å². The van der Waals surface area contributed by atoms with Gasteiger partial charge in [-0.15, -0.1) is 6.58 Å². The number of Topliss-reactive ketones (excluding diaryl/α,β-unsaturated/α-hetero) is 1. The van der Waals surface area contributed by atoms with E-state index in [-0.39, 0.29) is 27.2 Å². The van der Waals surface area contributed by atoms with Crippen molar-refractivity contribution in [2.75, 3.05) is 12.4 Å². The average molecular weight is 504 g/mol. The molecule has 0 saturated heterocycles. The van der Waals surface area contributed by atoms with Crippen LogP contribution in [0.25, 0.3) is 0 Å². The lowest BCUT2D eigenvalue weighted by Gasteiger charge is -2.13. The van der Waals surface area contributed by atoms with E-state index in [1.807, 2.05) is 0 Å². The molecule has 0 heterocycles. The number of carbonyl (C=O) groups excluding carboxylic acids is 2. The van der Waals surface area contributed by atoms with Gasteiger partial charge in [-0.05, 0) is 37.3 Å². The number of carbonyl (C=O) groups is 2. The quantitative estimate of drug-likeness (QED) is 0.167. The summed E-state index contributed by atoms with van der Waals surface area (Å²) in [4.78, 5) is 35.0. The molecular formula is C21H17ClF3NO6S. The molecular weight excluding hydrogens is 487 g/mol. The number of ether oxygens (including phenoxy) is 2. The third-order valence-corrected chi connectivity index (χ3v) is 5.41. The molecule has 0 spiro atoms. The van der Waals surface area contributed by atoms with Crippen LogP contribution in [0.3, 0.4) is 0 Å². The Morgan fingerprint density at radius 1 is 1.27 bits per heavy atom. The average Bonchev–Trinajstić information content (AvgIpc) is 2.75. The summed E-state index contributed by atoms with van der Waals surface area (Å²) in [5, 5.41) is 10.6. The number of ketones is 1. The van der Waals surface area contributed by atoms with E-state index in [1.165, 1.54) is 19.1 Å². The van der Waals surface area contributed by atoms with Gasteiger partial charge in [-0.1, -0.05) is 29.4 Å². The summed E-state index contributed by atoms with van der Waals surface area (Å²) in [5.41, 5.74) is -1.88. The molecule has 176 valence electrons. The van der Waals surface area contributed by atoms with Crippen molar-refractivity contribution >= 4 is 39.9 Å². The lowest BCUT2D eigenvalue weighted by Crippen LogP contribution is -2.22. The molecule has 33 heavy (non-hydrogen) atoms. The highest BCUT2D eigenvalue weighted by molar-refractivity contribution is 8.13. The Kier molecular flexibility index (Phi) is 9.03. The zero-order chi connectivity index (χ0) is 24.8. The molecule has 2 aromatic carbocycles. The molecule has 0 N–H and O–H groups in total. The SMILES string of the molecule is C=CCSC(=O)C(C)OCC(=O)c1cc(Oc2ccc(C(F)(F)F)cc2Cl)ccc1[N+](=O)[O-]. The van der Waals surface area contributed by atoms with Gasteiger partial charge >= 0.3 is 6.18 Å². The van der Waals surface area contributed by atoms with Crippen molar-refractivity contribution in [1.29, 1.82) is 0 Å². The smallest absolute Gasteiger partial charge is 0.416 e. The van der Waals surface area contributed by atoms with Crippen LogP contribution in [0, 0.1) is 10.1 Å². The van der Waals surface area contributed by atoms with E-state index in [9.17, 15) is 32.9 Å². The van der Waals surface area contributed by atoms with Crippen molar-refractivity contribution < 1.29 is 37.2 Å². The van der Waals surface area contributed by atoms with E-state index in [0.29, 0.717) is 11.8 Å². The fourth-order valence-electron chi connectivity index (χ4n) is 2.45. The largest absolute Gasteiger partial charge is 0.456 e. The van der Waals surface area contributed by atoms with E-state index in [0.717, 1.165) is 36.0 Å². The van der Waals surface area contributed by atoms with Crippen LogP contribution in [0.15, 0.2) is 49.1 Å². The summed E-state index contributed by atoms with van der Waals surface area (Å²) in [6.07, 6.45) is -4.01. The highest BCUT2D eigenvalue weighted by Gasteiger charge is 2.31. The van der Waals surface area contributed by atoms with Gasteiger partial charge in [0.2, 0.25) is 5.12 Å².